The summed E-state index contributed by atoms with van der Waals surface area (Å²) in [6, 6.07) is 8.84. The van der Waals surface area contributed by atoms with Gasteiger partial charge in [-0.1, -0.05) is 0 Å². The summed E-state index contributed by atoms with van der Waals surface area (Å²) >= 11 is 0. The molecule has 1 aliphatic rings. The van der Waals surface area contributed by atoms with Gasteiger partial charge in [0.2, 0.25) is 0 Å². The molecule has 1 saturated carbocycles. The highest BCUT2D eigenvalue weighted by molar-refractivity contribution is 5.80. The summed E-state index contributed by atoms with van der Waals surface area (Å²) in [7, 11) is 1.40. The number of methoxy groups -OCH3 is 1. The molecule has 1 aromatic rings. The minimum absolute atomic E-state index is 0.225. The van der Waals surface area contributed by atoms with Gasteiger partial charge < -0.3 is 10.1 Å². The first kappa shape index (κ1) is 11.5. The third-order valence-corrected chi connectivity index (χ3v) is 2.88. The van der Waals surface area contributed by atoms with Crippen molar-refractivity contribution in [2.75, 3.05) is 12.4 Å². The summed E-state index contributed by atoms with van der Waals surface area (Å²) in [5.41, 5.74) is 1.45. The first-order valence-electron chi connectivity index (χ1n) is 5.59. The Kier molecular flexibility index (Phi) is 3.29. The van der Waals surface area contributed by atoms with Crippen LogP contribution in [0.2, 0.25) is 0 Å². The quantitative estimate of drug-likeness (QED) is 0.803. The van der Waals surface area contributed by atoms with Crippen LogP contribution in [0.15, 0.2) is 24.3 Å². The van der Waals surface area contributed by atoms with Crippen molar-refractivity contribution in [3.05, 3.63) is 29.8 Å². The van der Waals surface area contributed by atoms with Crippen LogP contribution in [0.25, 0.3) is 0 Å². The van der Waals surface area contributed by atoms with Gasteiger partial charge in [0.15, 0.2) is 0 Å². The number of ether oxygens (including phenoxy) is 1. The second-order valence-electron chi connectivity index (χ2n) is 4.17. The monoisotopic (exact) mass is 230 g/mol. The number of hydrogen-bond acceptors (Lipinski definition) is 4. The molecule has 0 radical (unpaired) electrons. The highest BCUT2D eigenvalue weighted by Gasteiger charge is 2.36. The fraction of sp³-hybridized carbons (Fsp3) is 0.385. The molecule has 4 nitrogen and oxygen atoms in total. The zero-order valence-electron chi connectivity index (χ0n) is 9.64. The molecule has 1 atom stereocenters. The predicted molar refractivity (Wildman–Crippen MR) is 63.3 cm³/mol. The lowest BCUT2D eigenvalue weighted by molar-refractivity contribution is -0.142. The van der Waals surface area contributed by atoms with E-state index in [1.165, 1.54) is 7.11 Å². The number of nitriles is 1. The number of benzene rings is 1. The highest BCUT2D eigenvalue weighted by Crippen LogP contribution is 2.34. The zero-order valence-corrected chi connectivity index (χ0v) is 9.64. The molecule has 0 aromatic heterocycles. The number of hydrogen-bond donors (Lipinski definition) is 1. The summed E-state index contributed by atoms with van der Waals surface area (Å²) in [4.78, 5) is 11.6. The number of anilines is 1. The third-order valence-electron chi connectivity index (χ3n) is 2.88. The maximum atomic E-state index is 11.6. The van der Waals surface area contributed by atoms with Crippen molar-refractivity contribution < 1.29 is 9.53 Å². The lowest BCUT2D eigenvalue weighted by Gasteiger charge is -2.16. The Bertz CT molecular complexity index is 443. The number of carbonyl (C=O) groups excluding carboxylic acids is 1. The summed E-state index contributed by atoms with van der Waals surface area (Å²) in [6.45, 7) is 0. The van der Waals surface area contributed by atoms with Crippen LogP contribution in [-0.4, -0.2) is 19.1 Å². The Labute approximate surface area is 100 Å². The number of carbonyl (C=O) groups is 1. The van der Waals surface area contributed by atoms with E-state index >= 15 is 0 Å². The molecule has 0 spiro atoms. The van der Waals surface area contributed by atoms with Crippen molar-refractivity contribution in [1.29, 1.82) is 5.26 Å². The second-order valence-corrected chi connectivity index (χ2v) is 4.17. The molecular weight excluding hydrogens is 216 g/mol. The average Bonchev–Trinajstić information content (AvgIpc) is 3.20. The molecule has 0 amide bonds. The van der Waals surface area contributed by atoms with Crippen molar-refractivity contribution >= 4 is 11.7 Å². The van der Waals surface area contributed by atoms with E-state index in [1.54, 1.807) is 24.3 Å². The summed E-state index contributed by atoms with van der Waals surface area (Å²) in [5.74, 6) is 0.148. The van der Waals surface area contributed by atoms with Crippen LogP contribution in [-0.2, 0) is 9.53 Å². The Morgan fingerprint density at radius 2 is 2.12 bits per heavy atom. The van der Waals surface area contributed by atoms with E-state index in [2.05, 4.69) is 11.4 Å². The molecule has 2 rings (SSSR count). The van der Waals surface area contributed by atoms with Gasteiger partial charge in [-0.05, 0) is 43.0 Å². The zero-order chi connectivity index (χ0) is 12.3. The molecule has 0 aliphatic heterocycles. The second kappa shape index (κ2) is 4.88. The van der Waals surface area contributed by atoms with Gasteiger partial charge in [-0.3, -0.25) is 0 Å². The number of nitrogens with one attached hydrogen (secondary N) is 1. The smallest absolute Gasteiger partial charge is 0.328 e. The standard InChI is InChI=1S/C13H14N2O2/c1-17-13(16)12(10-4-5-10)15-11-6-2-9(8-14)3-7-11/h2-3,6-7,10,12,15H,4-5H2,1H3. The van der Waals surface area contributed by atoms with Gasteiger partial charge in [0.1, 0.15) is 6.04 Å². The lowest BCUT2D eigenvalue weighted by atomic mass is 10.1. The van der Waals surface area contributed by atoms with E-state index in [-0.39, 0.29) is 12.0 Å². The van der Waals surface area contributed by atoms with Gasteiger partial charge in [0, 0.05) is 5.69 Å². The minimum atomic E-state index is -0.270. The summed E-state index contributed by atoms with van der Waals surface area (Å²) in [6.07, 6.45) is 2.12. The molecule has 0 heterocycles. The van der Waals surface area contributed by atoms with Crippen molar-refractivity contribution in [3.63, 3.8) is 0 Å². The maximum Gasteiger partial charge on any atom is 0.328 e. The van der Waals surface area contributed by atoms with Crippen LogP contribution in [0.3, 0.4) is 0 Å². The Hall–Kier alpha value is -2.02. The van der Waals surface area contributed by atoms with Gasteiger partial charge in [-0.25, -0.2) is 4.79 Å². The molecule has 0 bridgehead atoms. The molecule has 4 heteroatoms. The first-order chi connectivity index (χ1) is 8.24. The van der Waals surface area contributed by atoms with Gasteiger partial charge in [0.05, 0.1) is 18.7 Å². The fourth-order valence-corrected chi connectivity index (χ4v) is 1.75. The van der Waals surface area contributed by atoms with Crippen molar-refractivity contribution in [2.24, 2.45) is 5.92 Å². The molecule has 1 aliphatic carbocycles. The third kappa shape index (κ3) is 2.76. The topological polar surface area (TPSA) is 62.1 Å². The number of rotatable bonds is 4. The van der Waals surface area contributed by atoms with E-state index in [0.29, 0.717) is 11.5 Å². The van der Waals surface area contributed by atoms with E-state index in [9.17, 15) is 4.79 Å². The lowest BCUT2D eigenvalue weighted by Crippen LogP contribution is -2.32. The summed E-state index contributed by atoms with van der Waals surface area (Å²) < 4.78 is 4.78. The minimum Gasteiger partial charge on any atom is -0.467 e. The average molecular weight is 230 g/mol. The van der Waals surface area contributed by atoms with Crippen LogP contribution in [0, 0.1) is 17.2 Å². The Balaban J connectivity index is 2.06. The normalized spacial score (nSPS) is 15.8. The summed E-state index contributed by atoms with van der Waals surface area (Å²) in [5, 5.41) is 11.8. The van der Waals surface area contributed by atoms with Crippen LogP contribution >= 0.6 is 0 Å². The highest BCUT2D eigenvalue weighted by atomic mass is 16.5. The van der Waals surface area contributed by atoms with Gasteiger partial charge in [0.25, 0.3) is 0 Å². The molecule has 1 N–H and O–H groups in total. The first-order valence-corrected chi connectivity index (χ1v) is 5.59. The molecule has 88 valence electrons. The van der Waals surface area contributed by atoms with Gasteiger partial charge in [-0.2, -0.15) is 5.26 Å². The Morgan fingerprint density at radius 3 is 2.59 bits per heavy atom. The van der Waals surface area contributed by atoms with Gasteiger partial charge in [-0.15, -0.1) is 0 Å². The largest absolute Gasteiger partial charge is 0.467 e. The van der Waals surface area contributed by atoms with E-state index in [0.717, 1.165) is 18.5 Å². The number of nitrogens with zero attached hydrogens (tertiary/aromatic N) is 1. The van der Waals surface area contributed by atoms with Crippen LogP contribution in [0.1, 0.15) is 18.4 Å². The van der Waals surface area contributed by atoms with Crippen molar-refractivity contribution in [1.82, 2.24) is 0 Å². The maximum absolute atomic E-state index is 11.6. The van der Waals surface area contributed by atoms with E-state index in [4.69, 9.17) is 10.00 Å². The molecule has 1 unspecified atom stereocenters. The predicted octanol–water partition coefficient (Wildman–Crippen LogP) is 1.92. The van der Waals surface area contributed by atoms with E-state index < -0.39 is 0 Å². The molecule has 17 heavy (non-hydrogen) atoms. The van der Waals surface area contributed by atoms with E-state index in [1.807, 2.05) is 0 Å². The molecule has 0 saturated heterocycles. The van der Waals surface area contributed by atoms with Crippen molar-refractivity contribution in [3.8, 4) is 6.07 Å². The number of esters is 1. The molecule has 1 aromatic carbocycles. The SMILES string of the molecule is COC(=O)C(Nc1ccc(C#N)cc1)C1CC1. The van der Waals surface area contributed by atoms with Crippen molar-refractivity contribution in [2.45, 2.75) is 18.9 Å². The van der Waals surface area contributed by atoms with Crippen LogP contribution < -0.4 is 5.32 Å². The van der Waals surface area contributed by atoms with Gasteiger partial charge >= 0.3 is 5.97 Å². The Morgan fingerprint density at radius 1 is 1.47 bits per heavy atom. The van der Waals surface area contributed by atoms with Crippen LogP contribution in [0.5, 0.6) is 0 Å². The van der Waals surface area contributed by atoms with Crippen LogP contribution in [0.4, 0.5) is 5.69 Å². The molecule has 1 fully saturated rings. The molecular formula is C13H14N2O2. The fourth-order valence-electron chi connectivity index (χ4n) is 1.75.